The molecule has 0 spiro atoms. The van der Waals surface area contributed by atoms with Gasteiger partial charge in [-0.1, -0.05) is 34.5 Å². The maximum Gasteiger partial charge on any atom is 0.540 e. The fourth-order valence-corrected chi connectivity index (χ4v) is 2.00. The molecule has 0 aromatic heterocycles. The van der Waals surface area contributed by atoms with E-state index in [4.69, 9.17) is 9.41 Å². The molecule has 10 heteroatoms. The van der Waals surface area contributed by atoms with Gasteiger partial charge in [-0.15, -0.1) is 0 Å². The average molecular weight is 308 g/mol. The van der Waals surface area contributed by atoms with Crippen molar-refractivity contribution in [2.75, 3.05) is 13.2 Å². The van der Waals surface area contributed by atoms with Gasteiger partial charge in [0.15, 0.2) is 5.75 Å². The van der Waals surface area contributed by atoms with Gasteiger partial charge in [0.1, 0.15) is 6.61 Å². The van der Waals surface area contributed by atoms with Crippen LogP contribution in [0.1, 0.15) is 12.5 Å². The van der Waals surface area contributed by atoms with E-state index in [0.717, 1.165) is 5.56 Å². The lowest BCUT2D eigenvalue weighted by Gasteiger charge is -2.14. The van der Waals surface area contributed by atoms with Crippen LogP contribution < -0.4 is 4.89 Å². The first-order valence-electron chi connectivity index (χ1n) is 5.73. The molecule has 1 saturated heterocycles. The van der Waals surface area contributed by atoms with Gasteiger partial charge < -0.3 is 4.89 Å². The SMILES string of the molecule is CCc1ccccc1OOP1(=O)OCCOOOOO1. The van der Waals surface area contributed by atoms with E-state index in [1.54, 1.807) is 12.1 Å². The zero-order chi connectivity index (χ0) is 14.3. The first-order valence-corrected chi connectivity index (χ1v) is 7.19. The van der Waals surface area contributed by atoms with E-state index >= 15 is 0 Å². The van der Waals surface area contributed by atoms with E-state index < -0.39 is 7.82 Å². The summed E-state index contributed by atoms with van der Waals surface area (Å²) >= 11 is 0. The number of rotatable bonds is 4. The largest absolute Gasteiger partial charge is 0.540 e. The van der Waals surface area contributed by atoms with Crippen molar-refractivity contribution in [2.45, 2.75) is 13.3 Å². The number of benzene rings is 1. The Morgan fingerprint density at radius 2 is 2.05 bits per heavy atom. The van der Waals surface area contributed by atoms with Crippen molar-refractivity contribution >= 4 is 7.82 Å². The zero-order valence-electron chi connectivity index (χ0n) is 10.6. The molecule has 9 nitrogen and oxygen atoms in total. The average Bonchev–Trinajstić information content (AvgIpc) is 2.58. The maximum atomic E-state index is 12.0. The van der Waals surface area contributed by atoms with E-state index in [-0.39, 0.29) is 13.2 Å². The topological polar surface area (TPSA) is 90.9 Å². The van der Waals surface area contributed by atoms with Crippen molar-refractivity contribution in [3.05, 3.63) is 29.8 Å². The summed E-state index contributed by atoms with van der Waals surface area (Å²) in [5.74, 6) is 0.380. The van der Waals surface area contributed by atoms with E-state index in [9.17, 15) is 4.57 Å². The number of phosphoric acid groups is 1. The quantitative estimate of drug-likeness (QED) is 0.472. The number of para-hydroxylation sites is 1. The highest BCUT2D eigenvalue weighted by Gasteiger charge is 2.33. The molecule has 0 amide bonds. The molecule has 1 aromatic carbocycles. The van der Waals surface area contributed by atoms with Crippen molar-refractivity contribution in [3.8, 4) is 5.75 Å². The fourth-order valence-electron chi connectivity index (χ4n) is 1.32. The molecule has 20 heavy (non-hydrogen) atoms. The van der Waals surface area contributed by atoms with Crippen LogP contribution in [0.5, 0.6) is 5.75 Å². The first-order chi connectivity index (χ1) is 9.73. The van der Waals surface area contributed by atoms with E-state index in [1.165, 1.54) is 0 Å². The molecule has 0 bridgehead atoms. The molecule has 0 N–H and O–H groups in total. The van der Waals surface area contributed by atoms with Crippen LogP contribution in [0.3, 0.4) is 0 Å². The smallest absolute Gasteiger partial charge is 0.327 e. The Kier molecular flexibility index (Phi) is 5.89. The minimum Gasteiger partial charge on any atom is -0.327 e. The van der Waals surface area contributed by atoms with Crippen molar-refractivity contribution in [2.24, 2.45) is 0 Å². The van der Waals surface area contributed by atoms with E-state index in [1.807, 2.05) is 19.1 Å². The predicted octanol–water partition coefficient (Wildman–Crippen LogP) is 2.44. The Morgan fingerprint density at radius 3 is 2.90 bits per heavy atom. The lowest BCUT2D eigenvalue weighted by Crippen LogP contribution is -2.06. The molecule has 1 fully saturated rings. The molecular formula is C10H13O9P. The molecule has 1 aromatic rings. The summed E-state index contributed by atoms with van der Waals surface area (Å²) in [5, 5.41) is 11.9. The third-order valence-corrected chi connectivity index (χ3v) is 3.21. The first kappa shape index (κ1) is 15.4. The van der Waals surface area contributed by atoms with Crippen molar-refractivity contribution in [3.63, 3.8) is 0 Å². The Morgan fingerprint density at radius 1 is 1.20 bits per heavy atom. The second-order valence-corrected chi connectivity index (χ2v) is 4.95. The standard InChI is InChI=1S/C10H13O9P/c1-2-9-5-3-4-6-10(9)14-18-20(11)13-8-7-12-15-16-17-19-20/h3-6H,2,7-8H2,1H3. The Balaban J connectivity index is 1.97. The number of hydrogen-bond donors (Lipinski definition) is 0. The van der Waals surface area contributed by atoms with Gasteiger partial charge in [-0.2, -0.15) is 0 Å². The molecule has 1 atom stereocenters. The summed E-state index contributed by atoms with van der Waals surface area (Å²) in [6, 6.07) is 7.05. The molecule has 0 aliphatic carbocycles. The van der Waals surface area contributed by atoms with Crippen LogP contribution >= 0.6 is 7.82 Å². The van der Waals surface area contributed by atoms with Gasteiger partial charge in [-0.05, 0) is 33.2 Å². The molecular weight excluding hydrogens is 295 g/mol. The molecule has 112 valence electrons. The predicted molar refractivity (Wildman–Crippen MR) is 61.4 cm³/mol. The Bertz CT molecular complexity index is 452. The molecule has 1 aliphatic rings. The second kappa shape index (κ2) is 7.67. The highest BCUT2D eigenvalue weighted by atomic mass is 31.2. The summed E-state index contributed by atoms with van der Waals surface area (Å²) in [6.07, 6.45) is 0.701. The fraction of sp³-hybridized carbons (Fsp3) is 0.400. The van der Waals surface area contributed by atoms with Crippen LogP contribution in [0.4, 0.5) is 0 Å². The van der Waals surface area contributed by atoms with Gasteiger partial charge in [0.2, 0.25) is 0 Å². The third-order valence-electron chi connectivity index (χ3n) is 2.21. The molecule has 1 heterocycles. The lowest BCUT2D eigenvalue weighted by atomic mass is 10.1. The third kappa shape index (κ3) is 4.51. The molecule has 1 aliphatic heterocycles. The van der Waals surface area contributed by atoms with Crippen LogP contribution in [0.15, 0.2) is 24.3 Å². The molecule has 1 unspecified atom stereocenters. The monoisotopic (exact) mass is 308 g/mol. The Labute approximate surface area is 114 Å². The van der Waals surface area contributed by atoms with Gasteiger partial charge in [-0.25, -0.2) is 9.45 Å². The second-order valence-electron chi connectivity index (χ2n) is 3.50. The molecule has 0 radical (unpaired) electrons. The number of aryl methyl sites for hydroxylation is 1. The van der Waals surface area contributed by atoms with Gasteiger partial charge in [0, 0.05) is 0 Å². The van der Waals surface area contributed by atoms with Gasteiger partial charge >= 0.3 is 7.82 Å². The zero-order valence-corrected chi connectivity index (χ0v) is 11.4. The van der Waals surface area contributed by atoms with Crippen molar-refractivity contribution < 1.29 is 43.3 Å². The van der Waals surface area contributed by atoms with Gasteiger partial charge in [0.05, 0.1) is 6.61 Å². The normalized spacial score (nSPS) is 24.4. The summed E-state index contributed by atoms with van der Waals surface area (Å²) in [4.78, 5) is 9.35. The van der Waals surface area contributed by atoms with Gasteiger partial charge in [-0.3, -0.25) is 4.52 Å². The lowest BCUT2D eigenvalue weighted by molar-refractivity contribution is -0.692. The van der Waals surface area contributed by atoms with Gasteiger partial charge in [0.25, 0.3) is 0 Å². The number of hydrogen-bond acceptors (Lipinski definition) is 9. The van der Waals surface area contributed by atoms with E-state index in [0.29, 0.717) is 12.2 Å². The van der Waals surface area contributed by atoms with Crippen LogP contribution in [-0.2, 0) is 44.9 Å². The summed E-state index contributed by atoms with van der Waals surface area (Å²) in [5.41, 5.74) is 0.854. The minimum atomic E-state index is -4.14. The van der Waals surface area contributed by atoms with Crippen LogP contribution in [0.2, 0.25) is 0 Å². The summed E-state index contributed by atoms with van der Waals surface area (Å²) in [6.45, 7) is 1.71. The molecule has 0 saturated carbocycles. The van der Waals surface area contributed by atoms with Crippen LogP contribution in [0.25, 0.3) is 0 Å². The highest BCUT2D eigenvalue weighted by Crippen LogP contribution is 2.50. The van der Waals surface area contributed by atoms with Crippen molar-refractivity contribution in [1.82, 2.24) is 0 Å². The Hall–Kier alpha value is -1.03. The summed E-state index contributed by atoms with van der Waals surface area (Å²) in [7, 11) is -4.14. The van der Waals surface area contributed by atoms with E-state index in [2.05, 4.69) is 29.4 Å². The highest BCUT2D eigenvalue weighted by molar-refractivity contribution is 7.48. The minimum absolute atomic E-state index is 0.0778. The maximum absolute atomic E-state index is 12.0. The summed E-state index contributed by atoms with van der Waals surface area (Å²) < 4.78 is 25.8. The van der Waals surface area contributed by atoms with Crippen LogP contribution in [-0.4, -0.2) is 13.2 Å². The van der Waals surface area contributed by atoms with Crippen molar-refractivity contribution in [1.29, 1.82) is 0 Å². The van der Waals surface area contributed by atoms with Crippen LogP contribution in [0, 0.1) is 0 Å². The molecule has 2 rings (SSSR count).